The van der Waals surface area contributed by atoms with Crippen molar-refractivity contribution in [3.63, 3.8) is 0 Å². The lowest BCUT2D eigenvalue weighted by molar-refractivity contribution is 0.00573. The van der Waals surface area contributed by atoms with Crippen LogP contribution in [0.4, 0.5) is 0 Å². The fourth-order valence-electron chi connectivity index (χ4n) is 2.68. The van der Waals surface area contributed by atoms with E-state index in [1.165, 1.54) is 5.56 Å². The Hall–Kier alpha value is -1.22. The maximum Gasteiger partial charge on any atom is 0.128 e. The largest absolute Gasteiger partial charge is 0.497 e. The molecule has 0 saturated carbocycles. The molecular weight excluding hydrogens is 250 g/mol. The van der Waals surface area contributed by atoms with Gasteiger partial charge in [0.15, 0.2) is 0 Å². The zero-order valence-electron chi connectivity index (χ0n) is 13.3. The van der Waals surface area contributed by atoms with Crippen molar-refractivity contribution in [3.8, 4) is 11.5 Å². The summed E-state index contributed by atoms with van der Waals surface area (Å²) in [5.41, 5.74) is 1.11. The summed E-state index contributed by atoms with van der Waals surface area (Å²) in [7, 11) is 1.69. The van der Waals surface area contributed by atoms with E-state index >= 15 is 0 Å². The Kier molecular flexibility index (Phi) is 4.59. The third-order valence-corrected chi connectivity index (χ3v) is 4.41. The Labute approximate surface area is 122 Å². The molecule has 0 radical (unpaired) electrons. The van der Waals surface area contributed by atoms with Gasteiger partial charge in [-0.1, -0.05) is 26.8 Å². The Morgan fingerprint density at radius 3 is 2.80 bits per heavy atom. The van der Waals surface area contributed by atoms with Gasteiger partial charge < -0.3 is 14.8 Å². The third-order valence-electron chi connectivity index (χ3n) is 4.41. The fraction of sp³-hybridized carbons (Fsp3) is 0.647. The summed E-state index contributed by atoms with van der Waals surface area (Å²) in [6.07, 6.45) is 2.14. The molecule has 2 rings (SSSR count). The van der Waals surface area contributed by atoms with Crippen LogP contribution in [0.3, 0.4) is 0 Å². The van der Waals surface area contributed by atoms with E-state index in [1.807, 2.05) is 12.1 Å². The summed E-state index contributed by atoms with van der Waals surface area (Å²) < 4.78 is 11.6. The van der Waals surface area contributed by atoms with Gasteiger partial charge in [0.2, 0.25) is 0 Å². The second kappa shape index (κ2) is 6.04. The second-order valence-electron chi connectivity index (χ2n) is 6.18. The predicted molar refractivity (Wildman–Crippen MR) is 82.5 cm³/mol. The van der Waals surface area contributed by atoms with Gasteiger partial charge in [0.25, 0.3) is 0 Å². The van der Waals surface area contributed by atoms with E-state index in [-0.39, 0.29) is 5.60 Å². The molecule has 2 unspecified atom stereocenters. The van der Waals surface area contributed by atoms with E-state index in [4.69, 9.17) is 9.47 Å². The van der Waals surface area contributed by atoms with Crippen LogP contribution < -0.4 is 14.8 Å². The summed E-state index contributed by atoms with van der Waals surface area (Å²) in [4.78, 5) is 0. The Morgan fingerprint density at radius 1 is 1.45 bits per heavy atom. The molecule has 0 saturated heterocycles. The number of methoxy groups -OCH3 is 1. The number of benzene rings is 1. The summed E-state index contributed by atoms with van der Waals surface area (Å²) >= 11 is 0. The van der Waals surface area contributed by atoms with Crippen molar-refractivity contribution in [1.29, 1.82) is 0 Å². The average molecular weight is 277 g/mol. The van der Waals surface area contributed by atoms with Crippen molar-refractivity contribution in [2.75, 3.05) is 13.7 Å². The van der Waals surface area contributed by atoms with Crippen molar-refractivity contribution < 1.29 is 9.47 Å². The molecule has 20 heavy (non-hydrogen) atoms. The Balaban J connectivity index is 2.35. The van der Waals surface area contributed by atoms with Gasteiger partial charge in [-0.3, -0.25) is 0 Å². The highest BCUT2D eigenvalue weighted by atomic mass is 16.5. The molecule has 1 aromatic carbocycles. The first-order valence-electron chi connectivity index (χ1n) is 7.60. The molecule has 0 fully saturated rings. The van der Waals surface area contributed by atoms with E-state index in [9.17, 15) is 0 Å². The molecule has 112 valence electrons. The standard InChI is InChI=1S/C17H27NO2/c1-6-9-18-15-11-17(4,12(2)3)20-16-10-13(19-5)7-8-14(15)16/h7-8,10,12,15,18H,6,9,11H2,1-5H3. The number of nitrogens with one attached hydrogen (secondary N) is 1. The first kappa shape index (κ1) is 15.2. The average Bonchev–Trinajstić information content (AvgIpc) is 2.43. The molecule has 1 N–H and O–H groups in total. The third kappa shape index (κ3) is 2.93. The highest BCUT2D eigenvalue weighted by Gasteiger charge is 2.39. The normalized spacial score (nSPS) is 25.2. The van der Waals surface area contributed by atoms with Crippen LogP contribution in [-0.2, 0) is 0 Å². The number of ether oxygens (including phenoxy) is 2. The van der Waals surface area contributed by atoms with E-state index < -0.39 is 0 Å². The minimum atomic E-state index is -0.134. The van der Waals surface area contributed by atoms with Crippen LogP contribution in [0.25, 0.3) is 0 Å². The molecule has 2 atom stereocenters. The van der Waals surface area contributed by atoms with Crippen molar-refractivity contribution in [1.82, 2.24) is 5.32 Å². The van der Waals surface area contributed by atoms with Gasteiger partial charge in [0.05, 0.1) is 7.11 Å². The quantitative estimate of drug-likeness (QED) is 0.884. The molecule has 0 amide bonds. The van der Waals surface area contributed by atoms with E-state index in [0.29, 0.717) is 12.0 Å². The lowest BCUT2D eigenvalue weighted by Gasteiger charge is -2.43. The molecule has 0 aliphatic carbocycles. The first-order chi connectivity index (χ1) is 9.50. The predicted octanol–water partition coefficient (Wildman–Crippen LogP) is 3.93. The molecule has 1 heterocycles. The summed E-state index contributed by atoms with van der Waals surface area (Å²) in [5.74, 6) is 2.28. The van der Waals surface area contributed by atoms with Crippen LogP contribution >= 0.6 is 0 Å². The van der Waals surface area contributed by atoms with Crippen LogP contribution in [0.1, 0.15) is 52.1 Å². The smallest absolute Gasteiger partial charge is 0.128 e. The molecule has 1 aliphatic heterocycles. The second-order valence-corrected chi connectivity index (χ2v) is 6.18. The van der Waals surface area contributed by atoms with Gasteiger partial charge in [-0.15, -0.1) is 0 Å². The summed E-state index contributed by atoms with van der Waals surface area (Å²) in [6, 6.07) is 6.51. The summed E-state index contributed by atoms with van der Waals surface area (Å²) in [5, 5.41) is 3.65. The highest BCUT2D eigenvalue weighted by Crippen LogP contribution is 2.44. The van der Waals surface area contributed by atoms with Crippen LogP contribution in [0.2, 0.25) is 0 Å². The molecule has 3 nitrogen and oxygen atoms in total. The minimum Gasteiger partial charge on any atom is -0.497 e. The zero-order chi connectivity index (χ0) is 14.8. The monoisotopic (exact) mass is 277 g/mol. The number of fused-ring (bicyclic) bond motifs is 1. The summed E-state index contributed by atoms with van der Waals surface area (Å²) in [6.45, 7) is 9.89. The maximum atomic E-state index is 6.31. The van der Waals surface area contributed by atoms with Crippen molar-refractivity contribution >= 4 is 0 Å². The molecule has 3 heteroatoms. The highest BCUT2D eigenvalue weighted by molar-refractivity contribution is 5.44. The molecule has 0 spiro atoms. The van der Waals surface area contributed by atoms with Gasteiger partial charge in [-0.05, 0) is 31.9 Å². The minimum absolute atomic E-state index is 0.134. The van der Waals surface area contributed by atoms with Gasteiger partial charge >= 0.3 is 0 Å². The molecule has 0 aromatic heterocycles. The van der Waals surface area contributed by atoms with Crippen LogP contribution in [0.5, 0.6) is 11.5 Å². The van der Waals surface area contributed by atoms with Crippen molar-refractivity contribution in [2.45, 2.75) is 52.2 Å². The van der Waals surface area contributed by atoms with Crippen LogP contribution in [0, 0.1) is 5.92 Å². The van der Waals surface area contributed by atoms with Crippen LogP contribution in [-0.4, -0.2) is 19.3 Å². The lowest BCUT2D eigenvalue weighted by atomic mass is 9.81. The fourth-order valence-corrected chi connectivity index (χ4v) is 2.68. The Bertz CT molecular complexity index is 458. The van der Waals surface area contributed by atoms with E-state index in [2.05, 4.69) is 39.1 Å². The molecule has 0 bridgehead atoms. The van der Waals surface area contributed by atoms with Gasteiger partial charge in [-0.25, -0.2) is 0 Å². The van der Waals surface area contributed by atoms with Crippen LogP contribution in [0.15, 0.2) is 18.2 Å². The van der Waals surface area contributed by atoms with Crippen molar-refractivity contribution in [2.24, 2.45) is 5.92 Å². The van der Waals surface area contributed by atoms with Gasteiger partial charge in [0, 0.05) is 24.1 Å². The zero-order valence-corrected chi connectivity index (χ0v) is 13.3. The topological polar surface area (TPSA) is 30.5 Å². The van der Waals surface area contributed by atoms with E-state index in [0.717, 1.165) is 30.9 Å². The molecular formula is C17H27NO2. The van der Waals surface area contributed by atoms with E-state index in [1.54, 1.807) is 7.11 Å². The van der Waals surface area contributed by atoms with Crippen molar-refractivity contribution in [3.05, 3.63) is 23.8 Å². The Morgan fingerprint density at radius 2 is 2.20 bits per heavy atom. The molecule has 1 aliphatic rings. The SMILES string of the molecule is CCCNC1CC(C)(C(C)C)Oc2cc(OC)ccc21. The number of rotatable bonds is 5. The lowest BCUT2D eigenvalue weighted by Crippen LogP contribution is -2.45. The first-order valence-corrected chi connectivity index (χ1v) is 7.60. The van der Waals surface area contributed by atoms with Gasteiger partial charge in [-0.2, -0.15) is 0 Å². The number of hydrogen-bond donors (Lipinski definition) is 1. The number of hydrogen-bond acceptors (Lipinski definition) is 3. The van der Waals surface area contributed by atoms with Gasteiger partial charge in [0.1, 0.15) is 17.1 Å². The molecule has 1 aromatic rings. The maximum absolute atomic E-state index is 6.31.